The summed E-state index contributed by atoms with van der Waals surface area (Å²) in [6.07, 6.45) is 0. The van der Waals surface area contributed by atoms with E-state index in [-0.39, 0.29) is 4.90 Å². The van der Waals surface area contributed by atoms with E-state index in [2.05, 4.69) is 9.24 Å². The van der Waals surface area contributed by atoms with Gasteiger partial charge in [0.25, 0.3) is 10.1 Å². The van der Waals surface area contributed by atoms with Gasteiger partial charge >= 0.3 is 0 Å². The number of hydrogen-bond acceptors (Lipinski definition) is 2. The Balaban J connectivity index is 2.59. The third-order valence-corrected chi connectivity index (χ3v) is 3.76. The van der Waals surface area contributed by atoms with Crippen molar-refractivity contribution in [3.8, 4) is 11.1 Å². The van der Waals surface area contributed by atoms with Gasteiger partial charge in [-0.25, -0.2) is 0 Å². The summed E-state index contributed by atoms with van der Waals surface area (Å²) in [4.78, 5) is -0.0942. The second-order valence-corrected chi connectivity index (χ2v) is 5.63. The van der Waals surface area contributed by atoms with Gasteiger partial charge in [-0.3, -0.25) is 4.55 Å². The molecule has 0 spiro atoms. The van der Waals surface area contributed by atoms with E-state index in [0.29, 0.717) is 0 Å². The van der Waals surface area contributed by atoms with Gasteiger partial charge in [-0.2, -0.15) is 8.42 Å². The van der Waals surface area contributed by atoms with Gasteiger partial charge in [0.2, 0.25) is 0 Å². The van der Waals surface area contributed by atoms with Crippen LogP contribution in [0.3, 0.4) is 0 Å². The monoisotopic (exact) mass is 266 g/mol. The highest BCUT2D eigenvalue weighted by Gasteiger charge is 2.10. The molecule has 0 saturated carbocycles. The largest absolute Gasteiger partial charge is 0.294 e. The van der Waals surface area contributed by atoms with Gasteiger partial charge in [-0.1, -0.05) is 36.4 Å². The van der Waals surface area contributed by atoms with Crippen molar-refractivity contribution in [3.63, 3.8) is 0 Å². The van der Waals surface area contributed by atoms with E-state index < -0.39 is 10.1 Å². The molecule has 0 amide bonds. The summed E-state index contributed by atoms with van der Waals surface area (Å²) >= 11 is 0. The molecule has 1 unspecified atom stereocenters. The van der Waals surface area contributed by atoms with E-state index in [1.165, 1.54) is 12.1 Å². The predicted octanol–water partition coefficient (Wildman–Crippen LogP) is 2.10. The molecule has 1 atom stereocenters. The standard InChI is InChI=1S/C12H11O3PS/c13-17(14,15)10-5-3-4-9(8-10)11-6-1-2-7-12(11)16/h1-8H,16H2,(H,13,14,15). The van der Waals surface area contributed by atoms with Crippen LogP contribution in [-0.2, 0) is 10.1 Å². The minimum absolute atomic E-state index is 0.0942. The quantitative estimate of drug-likeness (QED) is 0.669. The summed E-state index contributed by atoms with van der Waals surface area (Å²) in [5, 5.41) is 0.972. The van der Waals surface area contributed by atoms with Gasteiger partial charge in [0.1, 0.15) is 0 Å². The summed E-state index contributed by atoms with van der Waals surface area (Å²) in [6, 6.07) is 13.8. The van der Waals surface area contributed by atoms with Crippen LogP contribution in [0.1, 0.15) is 0 Å². The van der Waals surface area contributed by atoms with E-state index in [1.54, 1.807) is 12.1 Å². The van der Waals surface area contributed by atoms with Crippen LogP contribution in [0.25, 0.3) is 11.1 Å². The molecule has 0 bridgehead atoms. The molecule has 0 heterocycles. The van der Waals surface area contributed by atoms with Crippen LogP contribution in [0.2, 0.25) is 0 Å². The average molecular weight is 266 g/mol. The Morgan fingerprint density at radius 3 is 2.35 bits per heavy atom. The Bertz CT molecular complexity index is 650. The number of rotatable bonds is 2. The van der Waals surface area contributed by atoms with Crippen molar-refractivity contribution < 1.29 is 13.0 Å². The molecule has 0 aliphatic rings. The normalized spacial score (nSPS) is 11.4. The highest BCUT2D eigenvalue weighted by atomic mass is 32.2. The molecule has 3 nitrogen and oxygen atoms in total. The first-order valence-corrected chi connectivity index (χ1v) is 6.92. The maximum Gasteiger partial charge on any atom is 0.294 e. The first-order valence-electron chi connectivity index (χ1n) is 4.91. The van der Waals surface area contributed by atoms with Crippen LogP contribution >= 0.6 is 9.24 Å². The molecule has 0 aromatic heterocycles. The third-order valence-electron chi connectivity index (χ3n) is 2.40. The highest BCUT2D eigenvalue weighted by molar-refractivity contribution is 7.85. The fourth-order valence-corrected chi connectivity index (χ4v) is 2.48. The Hall–Kier alpha value is -1.22. The number of hydrogen-bond donors (Lipinski definition) is 1. The second kappa shape index (κ2) is 4.57. The summed E-state index contributed by atoms with van der Waals surface area (Å²) in [6.45, 7) is 0. The molecule has 0 fully saturated rings. The molecular weight excluding hydrogens is 255 g/mol. The predicted molar refractivity (Wildman–Crippen MR) is 71.0 cm³/mol. The summed E-state index contributed by atoms with van der Waals surface area (Å²) in [5.74, 6) is 0. The fourth-order valence-electron chi connectivity index (χ4n) is 1.58. The molecule has 0 radical (unpaired) electrons. The molecule has 2 rings (SSSR count). The van der Waals surface area contributed by atoms with Crippen molar-refractivity contribution in [2.75, 3.05) is 0 Å². The van der Waals surface area contributed by atoms with E-state index >= 15 is 0 Å². The zero-order chi connectivity index (χ0) is 12.5. The first kappa shape index (κ1) is 12.2. The van der Waals surface area contributed by atoms with Gasteiger partial charge in [0.05, 0.1) is 4.90 Å². The lowest BCUT2D eigenvalue weighted by Gasteiger charge is -2.06. The van der Waals surface area contributed by atoms with Crippen molar-refractivity contribution in [1.29, 1.82) is 0 Å². The molecule has 5 heteroatoms. The third kappa shape index (κ3) is 2.72. The molecule has 0 aliphatic heterocycles. The Morgan fingerprint density at radius 1 is 1.00 bits per heavy atom. The SMILES string of the molecule is O=S(=O)(O)c1cccc(-c2ccccc2P)c1. The van der Waals surface area contributed by atoms with Crippen molar-refractivity contribution in [1.82, 2.24) is 0 Å². The summed E-state index contributed by atoms with van der Waals surface area (Å²) in [7, 11) is -1.56. The number of benzene rings is 2. The Kier molecular flexibility index (Phi) is 3.29. The topological polar surface area (TPSA) is 54.4 Å². The van der Waals surface area contributed by atoms with Crippen molar-refractivity contribution in [3.05, 3.63) is 48.5 Å². The summed E-state index contributed by atoms with van der Waals surface area (Å²) < 4.78 is 31.1. The van der Waals surface area contributed by atoms with Gasteiger partial charge < -0.3 is 0 Å². The lowest BCUT2D eigenvalue weighted by molar-refractivity contribution is 0.483. The maximum atomic E-state index is 11.1. The zero-order valence-electron chi connectivity index (χ0n) is 8.87. The van der Waals surface area contributed by atoms with Crippen molar-refractivity contribution in [2.45, 2.75) is 4.90 Å². The fraction of sp³-hybridized carbons (Fsp3) is 0. The van der Waals surface area contributed by atoms with Crippen molar-refractivity contribution in [2.24, 2.45) is 0 Å². The lowest BCUT2D eigenvalue weighted by atomic mass is 10.1. The first-order chi connectivity index (χ1) is 7.98. The molecule has 2 aromatic rings. The van der Waals surface area contributed by atoms with Crippen LogP contribution in [-0.4, -0.2) is 13.0 Å². The minimum Gasteiger partial charge on any atom is -0.282 e. The Labute approximate surface area is 102 Å². The lowest BCUT2D eigenvalue weighted by Crippen LogP contribution is -2.00. The van der Waals surface area contributed by atoms with Gasteiger partial charge in [-0.15, -0.1) is 9.24 Å². The maximum absolute atomic E-state index is 11.1. The second-order valence-electron chi connectivity index (χ2n) is 3.59. The van der Waals surface area contributed by atoms with Crippen LogP contribution in [0.15, 0.2) is 53.4 Å². The van der Waals surface area contributed by atoms with Gasteiger partial charge in [-0.05, 0) is 28.6 Å². The van der Waals surface area contributed by atoms with Crippen LogP contribution in [0.4, 0.5) is 0 Å². The van der Waals surface area contributed by atoms with Gasteiger partial charge in [0.15, 0.2) is 0 Å². The molecule has 1 N–H and O–H groups in total. The van der Waals surface area contributed by atoms with Crippen LogP contribution < -0.4 is 5.30 Å². The summed E-state index contributed by atoms with van der Waals surface area (Å²) in [5.41, 5.74) is 1.67. The Morgan fingerprint density at radius 2 is 1.71 bits per heavy atom. The van der Waals surface area contributed by atoms with Crippen LogP contribution in [0, 0.1) is 0 Å². The molecule has 0 aliphatic carbocycles. The van der Waals surface area contributed by atoms with Crippen molar-refractivity contribution >= 4 is 24.7 Å². The van der Waals surface area contributed by atoms with E-state index in [1.807, 2.05) is 24.3 Å². The molecular formula is C12H11O3PS. The van der Waals surface area contributed by atoms with E-state index in [0.717, 1.165) is 16.4 Å². The minimum atomic E-state index is -4.15. The average Bonchev–Trinajstić information content (AvgIpc) is 2.29. The zero-order valence-corrected chi connectivity index (χ0v) is 10.8. The highest BCUT2D eigenvalue weighted by Crippen LogP contribution is 2.22. The van der Waals surface area contributed by atoms with E-state index in [9.17, 15) is 8.42 Å². The smallest absolute Gasteiger partial charge is 0.282 e. The molecule has 0 saturated heterocycles. The van der Waals surface area contributed by atoms with Gasteiger partial charge in [0, 0.05) is 0 Å². The van der Waals surface area contributed by atoms with Crippen LogP contribution in [0.5, 0.6) is 0 Å². The van der Waals surface area contributed by atoms with E-state index in [4.69, 9.17) is 4.55 Å². The molecule has 2 aromatic carbocycles. The molecule has 88 valence electrons. The molecule has 17 heavy (non-hydrogen) atoms.